The van der Waals surface area contributed by atoms with E-state index in [-0.39, 0.29) is 28.7 Å². The van der Waals surface area contributed by atoms with Crippen LogP contribution in [0.3, 0.4) is 0 Å². The van der Waals surface area contributed by atoms with Crippen LogP contribution < -0.4 is 16.0 Å². The molecule has 3 N–H and O–H groups in total. The Labute approximate surface area is 149 Å². The molecule has 0 radical (unpaired) electrons. The predicted molar refractivity (Wildman–Crippen MR) is 90.4 cm³/mol. The Morgan fingerprint density at radius 3 is 2.80 bits per heavy atom. The fourth-order valence-electron chi connectivity index (χ4n) is 2.70. The number of alkyl halides is 3. The molecule has 1 aliphatic rings. The summed E-state index contributed by atoms with van der Waals surface area (Å²) in [6, 6.07) is 0.156. The number of amides is 1. The first-order chi connectivity index (χ1) is 11.6. The molecule has 25 heavy (non-hydrogen) atoms. The normalized spacial score (nSPS) is 20.4. The number of rotatable bonds is 5. The lowest BCUT2D eigenvalue weighted by Crippen LogP contribution is -2.49. The van der Waals surface area contributed by atoms with Gasteiger partial charge in [0.2, 0.25) is 5.91 Å². The molecule has 140 valence electrons. The molecule has 5 nitrogen and oxygen atoms in total. The van der Waals surface area contributed by atoms with Gasteiger partial charge in [0.15, 0.2) is 0 Å². The summed E-state index contributed by atoms with van der Waals surface area (Å²) in [5.74, 6) is 0.147. The molecule has 0 saturated carbocycles. The number of hydrogen-bond acceptors (Lipinski definition) is 4. The average molecular weight is 379 g/mol. The molecular formula is C16H22ClF3N4O. The molecule has 2 rings (SSSR count). The van der Waals surface area contributed by atoms with Crippen LogP contribution in [-0.4, -0.2) is 36.1 Å². The van der Waals surface area contributed by atoms with Gasteiger partial charge in [-0.15, -0.1) is 0 Å². The van der Waals surface area contributed by atoms with Gasteiger partial charge in [0.05, 0.1) is 16.6 Å². The van der Waals surface area contributed by atoms with Gasteiger partial charge in [-0.2, -0.15) is 13.2 Å². The highest BCUT2D eigenvalue weighted by molar-refractivity contribution is 6.33. The quantitative estimate of drug-likeness (QED) is 0.826. The zero-order valence-corrected chi connectivity index (χ0v) is 14.9. The van der Waals surface area contributed by atoms with Gasteiger partial charge in [0, 0.05) is 25.3 Å². The molecule has 9 heteroatoms. The van der Waals surface area contributed by atoms with Crippen molar-refractivity contribution in [3.8, 4) is 0 Å². The Morgan fingerprint density at radius 1 is 1.56 bits per heavy atom. The summed E-state index contributed by atoms with van der Waals surface area (Å²) in [5, 5.41) is 2.83. The van der Waals surface area contributed by atoms with E-state index in [9.17, 15) is 18.0 Å². The van der Waals surface area contributed by atoms with Crippen molar-refractivity contribution in [2.75, 3.05) is 18.0 Å². The van der Waals surface area contributed by atoms with Crippen molar-refractivity contribution in [1.82, 2.24) is 10.3 Å². The Hall–Kier alpha value is -1.54. The molecule has 1 aromatic heterocycles. The van der Waals surface area contributed by atoms with Gasteiger partial charge in [0.1, 0.15) is 5.82 Å². The zero-order chi connectivity index (χ0) is 18.8. The standard InChI is InChI=1S/C16H22ClF3N4O/c1-3-9(2)13(21)15(25)23-11-4-5-24(8-11)14-12(17)6-10(7-22-14)16(18,19)20/h6-7,9,11,13H,3-5,8,21H2,1-2H3,(H,23,25). The highest BCUT2D eigenvalue weighted by Crippen LogP contribution is 2.34. The van der Waals surface area contributed by atoms with Crippen LogP contribution in [0.15, 0.2) is 12.3 Å². The number of nitrogens with one attached hydrogen (secondary N) is 1. The molecule has 0 spiro atoms. The Balaban J connectivity index is 2.00. The fraction of sp³-hybridized carbons (Fsp3) is 0.625. The zero-order valence-electron chi connectivity index (χ0n) is 14.1. The molecule has 0 aliphatic carbocycles. The maximum atomic E-state index is 12.7. The van der Waals surface area contributed by atoms with Crippen LogP contribution in [0.2, 0.25) is 5.02 Å². The molecule has 3 unspecified atom stereocenters. The van der Waals surface area contributed by atoms with Crippen LogP contribution in [0.4, 0.5) is 19.0 Å². The second kappa shape index (κ2) is 7.78. The third-order valence-corrected chi connectivity index (χ3v) is 4.82. The summed E-state index contributed by atoms with van der Waals surface area (Å²) in [7, 11) is 0. The Morgan fingerprint density at radius 2 is 2.24 bits per heavy atom. The smallest absolute Gasteiger partial charge is 0.353 e. The van der Waals surface area contributed by atoms with Gasteiger partial charge < -0.3 is 16.0 Å². The summed E-state index contributed by atoms with van der Waals surface area (Å²) in [4.78, 5) is 17.8. The predicted octanol–water partition coefficient (Wildman–Crippen LogP) is 2.82. The lowest BCUT2D eigenvalue weighted by molar-refractivity contribution is -0.137. The lowest BCUT2D eigenvalue weighted by Gasteiger charge is -2.22. The van der Waals surface area contributed by atoms with Gasteiger partial charge in [-0.25, -0.2) is 4.98 Å². The van der Waals surface area contributed by atoms with E-state index in [4.69, 9.17) is 17.3 Å². The minimum absolute atomic E-state index is 0.0573. The first-order valence-electron chi connectivity index (χ1n) is 8.17. The van der Waals surface area contributed by atoms with Crippen molar-refractivity contribution in [1.29, 1.82) is 0 Å². The Bertz CT molecular complexity index is 626. The van der Waals surface area contributed by atoms with E-state index in [2.05, 4.69) is 10.3 Å². The van der Waals surface area contributed by atoms with Gasteiger partial charge in [-0.05, 0) is 18.4 Å². The number of halogens is 4. The van der Waals surface area contributed by atoms with Crippen LogP contribution in [0.5, 0.6) is 0 Å². The van der Waals surface area contributed by atoms with E-state index in [1.54, 1.807) is 4.90 Å². The number of hydrogen-bond donors (Lipinski definition) is 2. The van der Waals surface area contributed by atoms with Crippen molar-refractivity contribution in [3.05, 3.63) is 22.8 Å². The number of nitrogens with two attached hydrogens (primary N) is 1. The first kappa shape index (κ1) is 19.8. The highest BCUT2D eigenvalue weighted by atomic mass is 35.5. The average Bonchev–Trinajstić information content (AvgIpc) is 3.00. The molecular weight excluding hydrogens is 357 g/mol. The summed E-state index contributed by atoms with van der Waals surface area (Å²) < 4.78 is 38.0. The minimum Gasteiger partial charge on any atom is -0.353 e. The number of aromatic nitrogens is 1. The SMILES string of the molecule is CCC(C)C(N)C(=O)NC1CCN(c2ncc(C(F)(F)F)cc2Cl)C1. The van der Waals surface area contributed by atoms with Crippen LogP contribution in [-0.2, 0) is 11.0 Å². The largest absolute Gasteiger partial charge is 0.417 e. The monoisotopic (exact) mass is 378 g/mol. The minimum atomic E-state index is -4.48. The molecule has 1 saturated heterocycles. The van der Waals surface area contributed by atoms with E-state index >= 15 is 0 Å². The molecule has 3 atom stereocenters. The van der Waals surface area contributed by atoms with Crippen LogP contribution in [0.1, 0.15) is 32.3 Å². The summed E-state index contributed by atoms with van der Waals surface area (Å²) in [6.45, 7) is 4.85. The van der Waals surface area contributed by atoms with Crippen LogP contribution in [0.25, 0.3) is 0 Å². The van der Waals surface area contributed by atoms with Crippen molar-refractivity contribution in [2.24, 2.45) is 11.7 Å². The maximum Gasteiger partial charge on any atom is 0.417 e. The fourth-order valence-corrected chi connectivity index (χ4v) is 2.98. The summed E-state index contributed by atoms with van der Waals surface area (Å²) >= 11 is 5.97. The van der Waals surface area contributed by atoms with E-state index in [0.29, 0.717) is 19.5 Å². The summed E-state index contributed by atoms with van der Waals surface area (Å²) in [6.07, 6.45) is -2.26. The number of anilines is 1. The highest BCUT2D eigenvalue weighted by Gasteiger charge is 2.33. The van der Waals surface area contributed by atoms with Gasteiger partial charge in [-0.1, -0.05) is 31.9 Å². The second-order valence-corrected chi connectivity index (χ2v) is 6.79. The van der Waals surface area contributed by atoms with Crippen molar-refractivity contribution in [3.63, 3.8) is 0 Å². The van der Waals surface area contributed by atoms with Crippen molar-refractivity contribution in [2.45, 2.75) is 44.9 Å². The number of carbonyl (C=O) groups excluding carboxylic acids is 1. The summed E-state index contributed by atoms with van der Waals surface area (Å²) in [5.41, 5.74) is 5.03. The van der Waals surface area contributed by atoms with Crippen molar-refractivity contribution < 1.29 is 18.0 Å². The second-order valence-electron chi connectivity index (χ2n) is 6.38. The van der Waals surface area contributed by atoms with Crippen molar-refractivity contribution >= 4 is 23.3 Å². The van der Waals surface area contributed by atoms with E-state index in [0.717, 1.165) is 18.7 Å². The van der Waals surface area contributed by atoms with Crippen LogP contribution >= 0.6 is 11.6 Å². The first-order valence-corrected chi connectivity index (χ1v) is 8.55. The molecule has 0 bridgehead atoms. The maximum absolute atomic E-state index is 12.7. The molecule has 1 amide bonds. The molecule has 1 fully saturated rings. The number of pyridine rings is 1. The van der Waals surface area contributed by atoms with Gasteiger partial charge in [0.25, 0.3) is 0 Å². The van der Waals surface area contributed by atoms with Gasteiger partial charge in [-0.3, -0.25) is 4.79 Å². The van der Waals surface area contributed by atoms with E-state index in [1.165, 1.54) is 0 Å². The van der Waals surface area contributed by atoms with Gasteiger partial charge >= 0.3 is 6.18 Å². The Kier molecular flexibility index (Phi) is 6.16. The van der Waals surface area contributed by atoms with E-state index in [1.807, 2.05) is 13.8 Å². The molecule has 2 heterocycles. The third kappa shape index (κ3) is 4.76. The number of carbonyl (C=O) groups is 1. The number of nitrogens with zero attached hydrogens (tertiary/aromatic N) is 2. The molecule has 1 aliphatic heterocycles. The molecule has 0 aromatic carbocycles. The third-order valence-electron chi connectivity index (χ3n) is 4.54. The lowest BCUT2D eigenvalue weighted by atomic mass is 9.99. The topological polar surface area (TPSA) is 71.2 Å². The molecule has 1 aromatic rings. The van der Waals surface area contributed by atoms with Crippen LogP contribution in [0, 0.1) is 5.92 Å². The van der Waals surface area contributed by atoms with E-state index < -0.39 is 17.8 Å².